The second kappa shape index (κ2) is 6.09. The van der Waals surface area contributed by atoms with E-state index in [2.05, 4.69) is 32.0 Å². The average molecular weight is 276 g/mol. The molecule has 0 aliphatic rings. The van der Waals surface area contributed by atoms with Gasteiger partial charge in [-0.3, -0.25) is 0 Å². The van der Waals surface area contributed by atoms with E-state index in [1.807, 2.05) is 18.2 Å². The van der Waals surface area contributed by atoms with Crippen LogP contribution in [-0.4, -0.2) is 0 Å². The Balaban J connectivity index is 2.05. The summed E-state index contributed by atoms with van der Waals surface area (Å²) >= 11 is 6.10. The molecule has 2 aromatic carbocycles. The molecule has 19 heavy (non-hydrogen) atoms. The predicted molar refractivity (Wildman–Crippen MR) is 79.6 cm³/mol. The van der Waals surface area contributed by atoms with Gasteiger partial charge in [-0.1, -0.05) is 35.9 Å². The lowest BCUT2D eigenvalue weighted by Crippen LogP contribution is -1.99. The van der Waals surface area contributed by atoms with Crippen molar-refractivity contribution in [2.24, 2.45) is 5.73 Å². The molecular formula is C16H18ClNO. The molecule has 2 N–H and O–H groups in total. The van der Waals surface area contributed by atoms with Gasteiger partial charge in [0.25, 0.3) is 0 Å². The van der Waals surface area contributed by atoms with Gasteiger partial charge < -0.3 is 10.5 Å². The van der Waals surface area contributed by atoms with Crippen molar-refractivity contribution < 1.29 is 4.74 Å². The zero-order chi connectivity index (χ0) is 13.8. The number of ether oxygens (including phenoxy) is 1. The molecule has 0 spiro atoms. The van der Waals surface area contributed by atoms with Crippen molar-refractivity contribution in [3.8, 4) is 5.75 Å². The van der Waals surface area contributed by atoms with Gasteiger partial charge in [-0.05, 0) is 48.2 Å². The smallest absolute Gasteiger partial charge is 0.121 e. The maximum atomic E-state index is 6.10. The highest BCUT2D eigenvalue weighted by Gasteiger charge is 2.02. The zero-order valence-corrected chi connectivity index (χ0v) is 12.0. The van der Waals surface area contributed by atoms with Crippen LogP contribution in [0.15, 0.2) is 36.4 Å². The predicted octanol–water partition coefficient (Wildman–Crippen LogP) is 3.99. The Morgan fingerprint density at radius 3 is 2.47 bits per heavy atom. The van der Waals surface area contributed by atoms with E-state index in [0.717, 1.165) is 16.9 Å². The van der Waals surface area contributed by atoms with Crippen molar-refractivity contribution >= 4 is 11.6 Å². The number of hydrogen-bond acceptors (Lipinski definition) is 2. The first-order valence-electron chi connectivity index (χ1n) is 6.27. The Morgan fingerprint density at radius 1 is 1.05 bits per heavy atom. The summed E-state index contributed by atoms with van der Waals surface area (Å²) in [5.41, 5.74) is 10.2. The molecule has 0 saturated heterocycles. The average Bonchev–Trinajstić information content (AvgIpc) is 2.40. The van der Waals surface area contributed by atoms with Crippen LogP contribution in [0.2, 0.25) is 5.02 Å². The molecule has 0 fully saturated rings. The lowest BCUT2D eigenvalue weighted by atomic mass is 10.1. The SMILES string of the molecule is Cc1ccc(COc2ccc(CN)c(Cl)c2)cc1C. The minimum Gasteiger partial charge on any atom is -0.489 e. The van der Waals surface area contributed by atoms with Gasteiger partial charge in [0.15, 0.2) is 0 Å². The number of nitrogens with two attached hydrogens (primary N) is 1. The van der Waals surface area contributed by atoms with Crippen molar-refractivity contribution in [2.45, 2.75) is 27.0 Å². The fourth-order valence-electron chi connectivity index (χ4n) is 1.84. The Labute approximate surface area is 119 Å². The van der Waals surface area contributed by atoms with Crippen LogP contribution in [0.25, 0.3) is 0 Å². The molecule has 2 aromatic rings. The lowest BCUT2D eigenvalue weighted by molar-refractivity contribution is 0.306. The van der Waals surface area contributed by atoms with E-state index in [1.165, 1.54) is 11.1 Å². The zero-order valence-electron chi connectivity index (χ0n) is 11.2. The van der Waals surface area contributed by atoms with Gasteiger partial charge in [0.1, 0.15) is 12.4 Å². The minimum absolute atomic E-state index is 0.441. The Hall–Kier alpha value is -1.51. The van der Waals surface area contributed by atoms with E-state index >= 15 is 0 Å². The van der Waals surface area contributed by atoms with E-state index in [0.29, 0.717) is 18.2 Å². The summed E-state index contributed by atoms with van der Waals surface area (Å²) < 4.78 is 5.74. The number of rotatable bonds is 4. The second-order valence-electron chi connectivity index (χ2n) is 4.66. The first-order chi connectivity index (χ1) is 9.10. The molecule has 0 aromatic heterocycles. The topological polar surface area (TPSA) is 35.2 Å². The van der Waals surface area contributed by atoms with Crippen molar-refractivity contribution in [1.82, 2.24) is 0 Å². The summed E-state index contributed by atoms with van der Waals surface area (Å²) in [6.45, 7) is 5.19. The standard InChI is InChI=1S/C16H18ClNO/c1-11-3-4-13(7-12(11)2)10-19-15-6-5-14(9-18)16(17)8-15/h3-8H,9-10,18H2,1-2H3. The maximum absolute atomic E-state index is 6.10. The van der Waals surface area contributed by atoms with Gasteiger partial charge in [-0.25, -0.2) is 0 Å². The summed E-state index contributed by atoms with van der Waals surface area (Å²) in [6.07, 6.45) is 0. The molecule has 0 unspecified atom stereocenters. The van der Waals surface area contributed by atoms with Crippen molar-refractivity contribution in [3.63, 3.8) is 0 Å². The van der Waals surface area contributed by atoms with E-state index < -0.39 is 0 Å². The first-order valence-corrected chi connectivity index (χ1v) is 6.65. The van der Waals surface area contributed by atoms with Crippen molar-refractivity contribution in [1.29, 1.82) is 0 Å². The van der Waals surface area contributed by atoms with Gasteiger partial charge in [-0.15, -0.1) is 0 Å². The summed E-state index contributed by atoms with van der Waals surface area (Å²) in [4.78, 5) is 0. The molecule has 0 aliphatic heterocycles. The van der Waals surface area contributed by atoms with Crippen molar-refractivity contribution in [2.75, 3.05) is 0 Å². The fourth-order valence-corrected chi connectivity index (χ4v) is 2.09. The maximum Gasteiger partial charge on any atom is 0.121 e. The molecular weight excluding hydrogens is 258 g/mol. The summed E-state index contributed by atoms with van der Waals surface area (Å²) in [5.74, 6) is 0.764. The van der Waals surface area contributed by atoms with E-state index in [9.17, 15) is 0 Å². The Kier molecular flexibility index (Phi) is 4.46. The second-order valence-corrected chi connectivity index (χ2v) is 5.07. The summed E-state index contributed by atoms with van der Waals surface area (Å²) in [7, 11) is 0. The molecule has 0 radical (unpaired) electrons. The third kappa shape index (κ3) is 3.49. The van der Waals surface area contributed by atoms with Gasteiger partial charge in [0, 0.05) is 11.6 Å². The number of hydrogen-bond donors (Lipinski definition) is 1. The van der Waals surface area contributed by atoms with Crippen LogP contribution in [-0.2, 0) is 13.2 Å². The number of halogens is 1. The molecule has 3 heteroatoms. The molecule has 0 saturated carbocycles. The monoisotopic (exact) mass is 275 g/mol. The van der Waals surface area contributed by atoms with Crippen LogP contribution in [0.4, 0.5) is 0 Å². The van der Waals surface area contributed by atoms with Crippen LogP contribution in [0.5, 0.6) is 5.75 Å². The normalized spacial score (nSPS) is 10.5. The first kappa shape index (κ1) is 13.9. The largest absolute Gasteiger partial charge is 0.489 e. The third-order valence-corrected chi connectivity index (χ3v) is 3.57. The van der Waals surface area contributed by atoms with Crippen LogP contribution in [0.1, 0.15) is 22.3 Å². The number of aryl methyl sites for hydroxylation is 2. The van der Waals surface area contributed by atoms with Crippen LogP contribution >= 0.6 is 11.6 Å². The lowest BCUT2D eigenvalue weighted by Gasteiger charge is -2.09. The van der Waals surface area contributed by atoms with E-state index in [4.69, 9.17) is 22.1 Å². The number of benzene rings is 2. The quantitative estimate of drug-likeness (QED) is 0.915. The van der Waals surface area contributed by atoms with Crippen LogP contribution < -0.4 is 10.5 Å². The Morgan fingerprint density at radius 2 is 1.84 bits per heavy atom. The molecule has 0 bridgehead atoms. The molecule has 0 heterocycles. The molecule has 0 aliphatic carbocycles. The highest BCUT2D eigenvalue weighted by atomic mass is 35.5. The molecule has 0 amide bonds. The van der Waals surface area contributed by atoms with Gasteiger partial charge in [0.2, 0.25) is 0 Å². The van der Waals surface area contributed by atoms with Crippen LogP contribution in [0.3, 0.4) is 0 Å². The van der Waals surface area contributed by atoms with Gasteiger partial charge in [0.05, 0.1) is 0 Å². The Bertz CT molecular complexity index is 581. The highest BCUT2D eigenvalue weighted by Crippen LogP contribution is 2.23. The van der Waals surface area contributed by atoms with Gasteiger partial charge >= 0.3 is 0 Å². The summed E-state index contributed by atoms with van der Waals surface area (Å²) in [6, 6.07) is 11.9. The molecule has 0 atom stereocenters. The third-order valence-electron chi connectivity index (χ3n) is 3.22. The minimum atomic E-state index is 0.441. The fraction of sp³-hybridized carbons (Fsp3) is 0.250. The molecule has 2 rings (SSSR count). The van der Waals surface area contributed by atoms with Crippen LogP contribution in [0, 0.1) is 13.8 Å². The van der Waals surface area contributed by atoms with E-state index in [-0.39, 0.29) is 0 Å². The van der Waals surface area contributed by atoms with Gasteiger partial charge in [-0.2, -0.15) is 0 Å². The highest BCUT2D eigenvalue weighted by molar-refractivity contribution is 6.31. The van der Waals surface area contributed by atoms with Crippen molar-refractivity contribution in [3.05, 3.63) is 63.7 Å². The molecule has 100 valence electrons. The van der Waals surface area contributed by atoms with E-state index in [1.54, 1.807) is 0 Å². The summed E-state index contributed by atoms with van der Waals surface area (Å²) in [5, 5.41) is 0.653. The molecule has 2 nitrogen and oxygen atoms in total.